The molecule has 2 rings (SSSR count). The third kappa shape index (κ3) is 3.47. The fraction of sp³-hybridized carbons (Fsp3) is 0.636. The third-order valence-electron chi connectivity index (χ3n) is 2.90. The Hall–Kier alpha value is -1.01. The standard InChI is InChI=1S/C11H15F3N2O/c12-11(13,14)9-6-15-3-4-16(7-9)8-10-2-1-5-17-10/h1-2,5,9,15H,3-4,6-8H2. The number of alkyl halides is 3. The van der Waals surface area contributed by atoms with Gasteiger partial charge in [-0.3, -0.25) is 4.90 Å². The van der Waals surface area contributed by atoms with E-state index in [0.29, 0.717) is 25.4 Å². The maximum absolute atomic E-state index is 12.7. The summed E-state index contributed by atoms with van der Waals surface area (Å²) in [6.07, 6.45) is -2.61. The van der Waals surface area contributed by atoms with Crippen molar-refractivity contribution in [1.82, 2.24) is 10.2 Å². The van der Waals surface area contributed by atoms with Crippen molar-refractivity contribution in [3.8, 4) is 0 Å². The van der Waals surface area contributed by atoms with E-state index in [1.807, 2.05) is 0 Å². The first-order chi connectivity index (χ1) is 8.05. The quantitative estimate of drug-likeness (QED) is 0.866. The van der Waals surface area contributed by atoms with Gasteiger partial charge in [0.25, 0.3) is 0 Å². The SMILES string of the molecule is FC(F)(F)C1CNCCN(Cc2ccco2)C1. The minimum atomic E-state index is -4.14. The van der Waals surface area contributed by atoms with Gasteiger partial charge in [-0.05, 0) is 12.1 Å². The van der Waals surface area contributed by atoms with Crippen molar-refractivity contribution in [3.63, 3.8) is 0 Å². The van der Waals surface area contributed by atoms with E-state index in [4.69, 9.17) is 4.42 Å². The molecule has 17 heavy (non-hydrogen) atoms. The monoisotopic (exact) mass is 248 g/mol. The van der Waals surface area contributed by atoms with Crippen LogP contribution in [0.2, 0.25) is 0 Å². The van der Waals surface area contributed by atoms with Crippen molar-refractivity contribution in [2.75, 3.05) is 26.2 Å². The van der Waals surface area contributed by atoms with Gasteiger partial charge in [0.15, 0.2) is 0 Å². The van der Waals surface area contributed by atoms with Gasteiger partial charge in [-0.25, -0.2) is 0 Å². The third-order valence-corrected chi connectivity index (χ3v) is 2.90. The van der Waals surface area contributed by atoms with E-state index in [0.717, 1.165) is 0 Å². The van der Waals surface area contributed by atoms with Crippen LogP contribution in [0.4, 0.5) is 13.2 Å². The smallest absolute Gasteiger partial charge is 0.394 e. The maximum Gasteiger partial charge on any atom is 0.394 e. The van der Waals surface area contributed by atoms with Crippen LogP contribution in [0, 0.1) is 5.92 Å². The highest BCUT2D eigenvalue weighted by Gasteiger charge is 2.41. The summed E-state index contributed by atoms with van der Waals surface area (Å²) in [4.78, 5) is 1.77. The van der Waals surface area contributed by atoms with Crippen molar-refractivity contribution in [1.29, 1.82) is 0 Å². The molecule has 1 aliphatic rings. The number of nitrogens with one attached hydrogen (secondary N) is 1. The summed E-state index contributed by atoms with van der Waals surface area (Å²) in [5.41, 5.74) is 0. The van der Waals surface area contributed by atoms with Gasteiger partial charge in [-0.2, -0.15) is 13.2 Å². The fourth-order valence-corrected chi connectivity index (χ4v) is 1.97. The van der Waals surface area contributed by atoms with Gasteiger partial charge < -0.3 is 9.73 Å². The average Bonchev–Trinajstić information content (AvgIpc) is 2.61. The number of hydrogen-bond acceptors (Lipinski definition) is 3. The highest BCUT2D eigenvalue weighted by atomic mass is 19.4. The van der Waals surface area contributed by atoms with Crippen molar-refractivity contribution >= 4 is 0 Å². The summed E-state index contributed by atoms with van der Waals surface area (Å²) in [6.45, 7) is 1.64. The molecule has 0 aromatic carbocycles. The van der Waals surface area contributed by atoms with Gasteiger partial charge in [0.05, 0.1) is 18.7 Å². The normalized spacial score (nSPS) is 23.6. The Morgan fingerprint density at radius 2 is 2.29 bits per heavy atom. The molecule has 0 bridgehead atoms. The summed E-state index contributed by atoms with van der Waals surface area (Å²) in [7, 11) is 0. The lowest BCUT2D eigenvalue weighted by Gasteiger charge is -2.24. The second-order valence-corrected chi connectivity index (χ2v) is 4.26. The maximum atomic E-state index is 12.7. The molecule has 1 aliphatic heterocycles. The molecule has 2 heterocycles. The van der Waals surface area contributed by atoms with E-state index in [1.165, 1.54) is 6.26 Å². The van der Waals surface area contributed by atoms with Crippen LogP contribution in [0.5, 0.6) is 0 Å². The molecule has 6 heteroatoms. The molecule has 0 spiro atoms. The Morgan fingerprint density at radius 3 is 2.94 bits per heavy atom. The molecule has 96 valence electrons. The van der Waals surface area contributed by atoms with E-state index in [9.17, 15) is 13.2 Å². The predicted octanol–water partition coefficient (Wildman–Crippen LogP) is 1.86. The van der Waals surface area contributed by atoms with Gasteiger partial charge in [0.1, 0.15) is 5.76 Å². The van der Waals surface area contributed by atoms with Gasteiger partial charge in [0, 0.05) is 26.2 Å². The Labute approximate surface area is 97.6 Å². The van der Waals surface area contributed by atoms with Crippen LogP contribution in [0.3, 0.4) is 0 Å². The van der Waals surface area contributed by atoms with Gasteiger partial charge in [-0.1, -0.05) is 0 Å². The lowest BCUT2D eigenvalue weighted by Crippen LogP contribution is -2.37. The highest BCUT2D eigenvalue weighted by molar-refractivity contribution is 4.98. The molecule has 1 fully saturated rings. The molecule has 1 aromatic rings. The zero-order valence-electron chi connectivity index (χ0n) is 9.33. The number of nitrogens with zero attached hydrogens (tertiary/aromatic N) is 1. The van der Waals surface area contributed by atoms with Crippen LogP contribution < -0.4 is 5.32 Å². The van der Waals surface area contributed by atoms with Crippen LogP contribution in [0.25, 0.3) is 0 Å². The van der Waals surface area contributed by atoms with E-state index in [2.05, 4.69) is 5.32 Å². The minimum absolute atomic E-state index is 0.00183. The zero-order chi connectivity index (χ0) is 12.3. The Kier molecular flexibility index (Phi) is 3.73. The Bertz CT molecular complexity index is 337. The summed E-state index contributed by atoms with van der Waals surface area (Å²) < 4.78 is 43.2. The molecule has 1 aromatic heterocycles. The summed E-state index contributed by atoms with van der Waals surface area (Å²) in [5, 5.41) is 2.82. The largest absolute Gasteiger partial charge is 0.468 e. The summed E-state index contributed by atoms with van der Waals surface area (Å²) >= 11 is 0. The van der Waals surface area contributed by atoms with Gasteiger partial charge >= 0.3 is 6.18 Å². The first kappa shape index (κ1) is 12.4. The van der Waals surface area contributed by atoms with Crippen molar-refractivity contribution in [3.05, 3.63) is 24.2 Å². The second-order valence-electron chi connectivity index (χ2n) is 4.26. The zero-order valence-corrected chi connectivity index (χ0v) is 9.33. The number of rotatable bonds is 2. The molecular weight excluding hydrogens is 233 g/mol. The first-order valence-corrected chi connectivity index (χ1v) is 5.58. The molecule has 1 saturated heterocycles. The molecule has 1 atom stereocenters. The van der Waals surface area contributed by atoms with Gasteiger partial charge in [0.2, 0.25) is 0 Å². The van der Waals surface area contributed by atoms with Crippen LogP contribution in [0.15, 0.2) is 22.8 Å². The van der Waals surface area contributed by atoms with Crippen molar-refractivity contribution < 1.29 is 17.6 Å². The Morgan fingerprint density at radius 1 is 1.47 bits per heavy atom. The average molecular weight is 248 g/mol. The Balaban J connectivity index is 1.97. The molecule has 0 saturated carbocycles. The highest BCUT2D eigenvalue weighted by Crippen LogP contribution is 2.27. The molecular formula is C11H15F3N2O. The number of halogens is 3. The van der Waals surface area contributed by atoms with E-state index in [-0.39, 0.29) is 13.1 Å². The summed E-state index contributed by atoms with van der Waals surface area (Å²) in [6, 6.07) is 3.52. The minimum Gasteiger partial charge on any atom is -0.468 e. The first-order valence-electron chi connectivity index (χ1n) is 5.58. The van der Waals surface area contributed by atoms with Gasteiger partial charge in [-0.15, -0.1) is 0 Å². The van der Waals surface area contributed by atoms with E-state index < -0.39 is 12.1 Å². The van der Waals surface area contributed by atoms with Crippen molar-refractivity contribution in [2.45, 2.75) is 12.7 Å². The molecule has 0 aliphatic carbocycles. The van der Waals surface area contributed by atoms with E-state index >= 15 is 0 Å². The molecule has 0 radical (unpaired) electrons. The van der Waals surface area contributed by atoms with Crippen LogP contribution in [0.1, 0.15) is 5.76 Å². The number of hydrogen-bond donors (Lipinski definition) is 1. The number of furan rings is 1. The van der Waals surface area contributed by atoms with Crippen LogP contribution in [-0.4, -0.2) is 37.3 Å². The second kappa shape index (κ2) is 5.10. The molecule has 1 N–H and O–H groups in total. The summed E-state index contributed by atoms with van der Waals surface area (Å²) in [5.74, 6) is -0.604. The molecule has 1 unspecified atom stereocenters. The predicted molar refractivity (Wildman–Crippen MR) is 56.4 cm³/mol. The molecule has 0 amide bonds. The topological polar surface area (TPSA) is 28.4 Å². The lowest BCUT2D eigenvalue weighted by atomic mass is 10.1. The van der Waals surface area contributed by atoms with Crippen molar-refractivity contribution in [2.24, 2.45) is 5.92 Å². The fourth-order valence-electron chi connectivity index (χ4n) is 1.97. The molecule has 3 nitrogen and oxygen atoms in total. The van der Waals surface area contributed by atoms with Crippen LogP contribution >= 0.6 is 0 Å². The lowest BCUT2D eigenvalue weighted by molar-refractivity contribution is -0.176. The van der Waals surface area contributed by atoms with Crippen LogP contribution in [-0.2, 0) is 6.54 Å². The van der Waals surface area contributed by atoms with E-state index in [1.54, 1.807) is 17.0 Å².